The van der Waals surface area contributed by atoms with Gasteiger partial charge in [0.25, 0.3) is 0 Å². The molecule has 0 aromatic carbocycles. The predicted molar refractivity (Wildman–Crippen MR) is 43.5 cm³/mol. The van der Waals surface area contributed by atoms with Crippen molar-refractivity contribution in [1.29, 1.82) is 0 Å². The Labute approximate surface area is 70.9 Å². The number of amides is 2. The van der Waals surface area contributed by atoms with E-state index in [1.54, 1.807) is 7.05 Å². The Kier molecular flexibility index (Phi) is 3.04. The van der Waals surface area contributed by atoms with Gasteiger partial charge in [0.2, 0.25) is 11.8 Å². The highest BCUT2D eigenvalue weighted by Gasteiger charge is 2.23. The number of carbonyl (C=O) groups excluding carboxylic acids is 2. The number of nitrogens with one attached hydrogen (secondary N) is 3. The zero-order valence-corrected chi connectivity index (χ0v) is 7.02. The smallest absolute Gasteiger partial charge is 0.237 e. The topological polar surface area (TPSA) is 70.2 Å². The number of carbonyl (C=O) groups is 2. The highest BCUT2D eigenvalue weighted by molar-refractivity contribution is 5.88. The average molecular weight is 171 g/mol. The van der Waals surface area contributed by atoms with E-state index in [4.69, 9.17) is 0 Å². The van der Waals surface area contributed by atoms with Crippen LogP contribution in [0, 0.1) is 0 Å². The Morgan fingerprint density at radius 1 is 1.67 bits per heavy atom. The van der Waals surface area contributed by atoms with Crippen LogP contribution in [0.2, 0.25) is 0 Å². The van der Waals surface area contributed by atoms with Crippen molar-refractivity contribution in [2.24, 2.45) is 0 Å². The zero-order chi connectivity index (χ0) is 8.97. The van der Waals surface area contributed by atoms with Crippen molar-refractivity contribution in [2.75, 3.05) is 20.1 Å². The third kappa shape index (κ3) is 2.20. The molecule has 1 aliphatic heterocycles. The summed E-state index contributed by atoms with van der Waals surface area (Å²) in [5.74, 6) is -0.214. The van der Waals surface area contributed by atoms with Gasteiger partial charge in [-0.3, -0.25) is 9.59 Å². The van der Waals surface area contributed by atoms with Crippen LogP contribution >= 0.6 is 0 Å². The van der Waals surface area contributed by atoms with E-state index < -0.39 is 0 Å². The summed E-state index contributed by atoms with van der Waals surface area (Å²) in [4.78, 5) is 22.0. The van der Waals surface area contributed by atoms with Crippen LogP contribution in [-0.2, 0) is 9.59 Å². The standard InChI is InChI=1S/C7H13N3O2/c1-8-6(11)4-5-7(12)10-3-2-9-5/h5,9H,2-4H2,1H3,(H,8,11)(H,10,12). The number of hydrogen-bond donors (Lipinski definition) is 3. The summed E-state index contributed by atoms with van der Waals surface area (Å²) in [5.41, 5.74) is 0. The van der Waals surface area contributed by atoms with Crippen molar-refractivity contribution in [3.8, 4) is 0 Å². The maximum absolute atomic E-state index is 11.1. The molecule has 1 unspecified atom stereocenters. The fourth-order valence-corrected chi connectivity index (χ4v) is 1.10. The summed E-state index contributed by atoms with van der Waals surface area (Å²) in [6, 6.07) is -0.362. The molecule has 0 bridgehead atoms. The Bertz CT molecular complexity index is 193. The molecular formula is C7H13N3O2. The van der Waals surface area contributed by atoms with Crippen molar-refractivity contribution >= 4 is 11.8 Å². The first-order valence-corrected chi connectivity index (χ1v) is 3.95. The number of piperazine rings is 1. The highest BCUT2D eigenvalue weighted by atomic mass is 16.2. The minimum atomic E-state index is -0.362. The van der Waals surface area contributed by atoms with Gasteiger partial charge in [-0.25, -0.2) is 0 Å². The fraction of sp³-hybridized carbons (Fsp3) is 0.714. The molecule has 1 fully saturated rings. The number of rotatable bonds is 2. The van der Waals surface area contributed by atoms with Gasteiger partial charge in [-0.15, -0.1) is 0 Å². The lowest BCUT2D eigenvalue weighted by atomic mass is 10.1. The maximum atomic E-state index is 11.1. The van der Waals surface area contributed by atoms with Crippen LogP contribution < -0.4 is 16.0 Å². The molecule has 1 heterocycles. The van der Waals surface area contributed by atoms with Crippen LogP contribution in [0.15, 0.2) is 0 Å². The molecule has 0 radical (unpaired) electrons. The third-order valence-corrected chi connectivity index (χ3v) is 1.80. The first kappa shape index (κ1) is 8.99. The van der Waals surface area contributed by atoms with Crippen LogP contribution in [0.4, 0.5) is 0 Å². The van der Waals surface area contributed by atoms with E-state index in [0.29, 0.717) is 6.54 Å². The molecule has 0 aliphatic carbocycles. The van der Waals surface area contributed by atoms with Crippen LogP contribution in [0.3, 0.4) is 0 Å². The van der Waals surface area contributed by atoms with Crippen LogP contribution in [0.5, 0.6) is 0 Å². The van der Waals surface area contributed by atoms with E-state index in [1.807, 2.05) is 0 Å². The molecule has 0 aromatic heterocycles. The largest absolute Gasteiger partial charge is 0.359 e. The molecule has 12 heavy (non-hydrogen) atoms. The normalized spacial score (nSPS) is 23.1. The summed E-state index contributed by atoms with van der Waals surface area (Å²) in [7, 11) is 1.56. The van der Waals surface area contributed by atoms with E-state index >= 15 is 0 Å². The maximum Gasteiger partial charge on any atom is 0.237 e. The van der Waals surface area contributed by atoms with E-state index in [9.17, 15) is 9.59 Å². The summed E-state index contributed by atoms with van der Waals surface area (Å²) >= 11 is 0. The zero-order valence-electron chi connectivity index (χ0n) is 7.02. The molecule has 3 N–H and O–H groups in total. The van der Waals surface area contributed by atoms with Gasteiger partial charge in [0, 0.05) is 20.1 Å². The molecule has 2 amide bonds. The minimum absolute atomic E-state index is 0.0927. The Hall–Kier alpha value is -1.10. The van der Waals surface area contributed by atoms with Crippen molar-refractivity contribution in [1.82, 2.24) is 16.0 Å². The molecule has 68 valence electrons. The fourth-order valence-electron chi connectivity index (χ4n) is 1.10. The van der Waals surface area contributed by atoms with Crippen LogP contribution in [0.1, 0.15) is 6.42 Å². The van der Waals surface area contributed by atoms with Gasteiger partial charge in [-0.2, -0.15) is 0 Å². The summed E-state index contributed by atoms with van der Waals surface area (Å²) in [5, 5.41) is 8.12. The SMILES string of the molecule is CNC(=O)CC1NCCNC1=O. The second-order valence-electron chi connectivity index (χ2n) is 2.68. The molecule has 0 spiro atoms. The van der Waals surface area contributed by atoms with E-state index in [-0.39, 0.29) is 24.3 Å². The first-order chi connectivity index (χ1) is 5.74. The lowest BCUT2D eigenvalue weighted by molar-refractivity contribution is -0.129. The molecule has 5 heteroatoms. The highest BCUT2D eigenvalue weighted by Crippen LogP contribution is 1.95. The summed E-state index contributed by atoms with van der Waals surface area (Å²) in [6.45, 7) is 1.37. The van der Waals surface area contributed by atoms with E-state index in [2.05, 4.69) is 16.0 Å². The molecular weight excluding hydrogens is 158 g/mol. The Morgan fingerprint density at radius 3 is 3.00 bits per heavy atom. The second kappa shape index (κ2) is 4.06. The number of hydrogen-bond acceptors (Lipinski definition) is 3. The van der Waals surface area contributed by atoms with E-state index in [0.717, 1.165) is 6.54 Å². The monoisotopic (exact) mass is 171 g/mol. The van der Waals surface area contributed by atoms with Crippen molar-refractivity contribution in [3.63, 3.8) is 0 Å². The summed E-state index contributed by atoms with van der Waals surface area (Å²) < 4.78 is 0. The van der Waals surface area contributed by atoms with Gasteiger partial charge in [0.1, 0.15) is 0 Å². The molecule has 0 aromatic rings. The Balaban J connectivity index is 2.39. The lowest BCUT2D eigenvalue weighted by Gasteiger charge is -2.22. The molecule has 5 nitrogen and oxygen atoms in total. The van der Waals surface area contributed by atoms with Crippen LogP contribution in [-0.4, -0.2) is 38.0 Å². The van der Waals surface area contributed by atoms with Gasteiger partial charge in [-0.05, 0) is 0 Å². The summed E-state index contributed by atoms with van der Waals surface area (Å²) in [6.07, 6.45) is 0.211. The molecule has 1 saturated heterocycles. The first-order valence-electron chi connectivity index (χ1n) is 3.95. The van der Waals surface area contributed by atoms with Crippen molar-refractivity contribution < 1.29 is 9.59 Å². The lowest BCUT2D eigenvalue weighted by Crippen LogP contribution is -2.54. The average Bonchev–Trinajstić information content (AvgIpc) is 2.09. The van der Waals surface area contributed by atoms with Gasteiger partial charge in [0.05, 0.1) is 12.5 Å². The molecule has 1 rings (SSSR count). The molecule has 0 saturated carbocycles. The minimum Gasteiger partial charge on any atom is -0.359 e. The van der Waals surface area contributed by atoms with Crippen molar-refractivity contribution in [3.05, 3.63) is 0 Å². The predicted octanol–water partition coefficient (Wildman–Crippen LogP) is -1.79. The molecule has 1 atom stereocenters. The van der Waals surface area contributed by atoms with Gasteiger partial charge >= 0.3 is 0 Å². The van der Waals surface area contributed by atoms with Gasteiger partial charge in [0.15, 0.2) is 0 Å². The van der Waals surface area contributed by atoms with Gasteiger partial charge < -0.3 is 16.0 Å². The quantitative estimate of drug-likeness (QED) is 0.459. The third-order valence-electron chi connectivity index (χ3n) is 1.80. The molecule has 1 aliphatic rings. The van der Waals surface area contributed by atoms with Gasteiger partial charge in [-0.1, -0.05) is 0 Å². The second-order valence-corrected chi connectivity index (χ2v) is 2.68. The Morgan fingerprint density at radius 2 is 2.42 bits per heavy atom. The van der Waals surface area contributed by atoms with Crippen molar-refractivity contribution in [2.45, 2.75) is 12.5 Å². The van der Waals surface area contributed by atoms with E-state index in [1.165, 1.54) is 0 Å². The van der Waals surface area contributed by atoms with Crippen LogP contribution in [0.25, 0.3) is 0 Å².